The van der Waals surface area contributed by atoms with Crippen LogP contribution in [0.5, 0.6) is 0 Å². The van der Waals surface area contributed by atoms with Crippen molar-refractivity contribution in [2.24, 2.45) is 5.73 Å². The first-order valence-electron chi connectivity index (χ1n) is 6.24. The fourth-order valence-corrected chi connectivity index (χ4v) is 2.90. The SMILES string of the molecule is COC1CN(C(=O)C2(N)CCCC2)CC1OC. The van der Waals surface area contributed by atoms with Crippen molar-refractivity contribution in [3.8, 4) is 0 Å². The number of hydrogen-bond acceptors (Lipinski definition) is 4. The Balaban J connectivity index is 2.02. The first kappa shape index (κ1) is 12.8. The standard InChI is InChI=1S/C12H22N2O3/c1-16-9-7-14(8-10(9)17-2)11(15)12(13)5-3-4-6-12/h9-10H,3-8,13H2,1-2H3. The maximum absolute atomic E-state index is 12.4. The van der Waals surface area contributed by atoms with Crippen molar-refractivity contribution in [1.82, 2.24) is 4.90 Å². The molecule has 1 saturated heterocycles. The quantitative estimate of drug-likeness (QED) is 0.764. The van der Waals surface area contributed by atoms with Gasteiger partial charge in [-0.25, -0.2) is 0 Å². The zero-order valence-electron chi connectivity index (χ0n) is 10.6. The summed E-state index contributed by atoms with van der Waals surface area (Å²) >= 11 is 0. The summed E-state index contributed by atoms with van der Waals surface area (Å²) in [5, 5.41) is 0. The van der Waals surface area contributed by atoms with Crippen molar-refractivity contribution in [3.05, 3.63) is 0 Å². The molecule has 2 rings (SSSR count). The van der Waals surface area contributed by atoms with Crippen LogP contribution in [0.1, 0.15) is 25.7 Å². The highest BCUT2D eigenvalue weighted by Gasteiger charge is 2.44. The molecule has 0 spiro atoms. The van der Waals surface area contributed by atoms with E-state index in [0.29, 0.717) is 13.1 Å². The van der Waals surface area contributed by atoms with E-state index in [4.69, 9.17) is 15.2 Å². The van der Waals surface area contributed by atoms with E-state index in [0.717, 1.165) is 25.7 Å². The zero-order chi connectivity index (χ0) is 12.5. The Morgan fingerprint density at radius 3 is 2.06 bits per heavy atom. The zero-order valence-corrected chi connectivity index (χ0v) is 10.6. The number of rotatable bonds is 3. The molecule has 2 N–H and O–H groups in total. The van der Waals surface area contributed by atoms with E-state index in [1.165, 1.54) is 0 Å². The molecule has 2 aliphatic rings. The molecule has 98 valence electrons. The molecule has 0 radical (unpaired) electrons. The number of carbonyl (C=O) groups excluding carboxylic acids is 1. The summed E-state index contributed by atoms with van der Waals surface area (Å²) in [6, 6.07) is 0. The van der Waals surface area contributed by atoms with Gasteiger partial charge in [-0.3, -0.25) is 4.79 Å². The van der Waals surface area contributed by atoms with Crippen LogP contribution in [0.3, 0.4) is 0 Å². The predicted molar refractivity (Wildman–Crippen MR) is 63.6 cm³/mol. The first-order chi connectivity index (χ1) is 8.10. The lowest BCUT2D eigenvalue weighted by Crippen LogP contribution is -2.53. The second-order valence-electron chi connectivity index (χ2n) is 5.12. The van der Waals surface area contributed by atoms with Gasteiger partial charge in [-0.15, -0.1) is 0 Å². The van der Waals surface area contributed by atoms with Gasteiger partial charge in [0.25, 0.3) is 0 Å². The Morgan fingerprint density at radius 2 is 1.65 bits per heavy atom. The molecular formula is C12H22N2O3. The molecule has 1 amide bonds. The number of methoxy groups -OCH3 is 2. The van der Waals surface area contributed by atoms with Crippen molar-refractivity contribution in [3.63, 3.8) is 0 Å². The van der Waals surface area contributed by atoms with Gasteiger partial charge in [0.2, 0.25) is 5.91 Å². The molecule has 0 aromatic carbocycles. The molecule has 17 heavy (non-hydrogen) atoms. The van der Waals surface area contributed by atoms with E-state index >= 15 is 0 Å². The maximum atomic E-state index is 12.4. The number of hydrogen-bond donors (Lipinski definition) is 1. The number of nitrogens with zero attached hydrogens (tertiary/aromatic N) is 1. The topological polar surface area (TPSA) is 64.8 Å². The summed E-state index contributed by atoms with van der Waals surface area (Å²) in [6.45, 7) is 1.18. The molecule has 5 nitrogen and oxygen atoms in total. The number of nitrogens with two attached hydrogens (primary N) is 1. The van der Waals surface area contributed by atoms with Crippen LogP contribution in [0.15, 0.2) is 0 Å². The molecular weight excluding hydrogens is 220 g/mol. The Bertz CT molecular complexity index is 277. The summed E-state index contributed by atoms with van der Waals surface area (Å²) in [4.78, 5) is 14.2. The minimum absolute atomic E-state index is 0.0334. The van der Waals surface area contributed by atoms with Crippen molar-refractivity contribution in [1.29, 1.82) is 0 Å². The van der Waals surface area contributed by atoms with Gasteiger partial charge in [-0.2, -0.15) is 0 Å². The molecule has 1 heterocycles. The average molecular weight is 242 g/mol. The highest BCUT2D eigenvalue weighted by atomic mass is 16.5. The van der Waals surface area contributed by atoms with Crippen LogP contribution >= 0.6 is 0 Å². The van der Waals surface area contributed by atoms with Gasteiger partial charge in [-0.05, 0) is 12.8 Å². The minimum atomic E-state index is -0.638. The first-order valence-corrected chi connectivity index (χ1v) is 6.24. The lowest BCUT2D eigenvalue weighted by Gasteiger charge is -2.28. The highest BCUT2D eigenvalue weighted by molar-refractivity contribution is 5.86. The molecule has 5 heteroatoms. The highest BCUT2D eigenvalue weighted by Crippen LogP contribution is 2.30. The van der Waals surface area contributed by atoms with Crippen molar-refractivity contribution in [2.75, 3.05) is 27.3 Å². The van der Waals surface area contributed by atoms with E-state index in [9.17, 15) is 4.79 Å². The minimum Gasteiger partial charge on any atom is -0.377 e. The second-order valence-corrected chi connectivity index (χ2v) is 5.12. The largest absolute Gasteiger partial charge is 0.377 e. The van der Waals surface area contributed by atoms with Crippen molar-refractivity contribution >= 4 is 5.91 Å². The maximum Gasteiger partial charge on any atom is 0.242 e. The van der Waals surface area contributed by atoms with Crippen LogP contribution in [0, 0.1) is 0 Å². The van der Waals surface area contributed by atoms with Crippen LogP contribution in [0.2, 0.25) is 0 Å². The predicted octanol–water partition coefficient (Wildman–Crippen LogP) is 0.130. The third kappa shape index (κ3) is 2.32. The molecule has 1 saturated carbocycles. The van der Waals surface area contributed by atoms with E-state index in [1.54, 1.807) is 19.1 Å². The number of carbonyl (C=O) groups is 1. The third-order valence-corrected chi connectivity index (χ3v) is 4.03. The Hall–Kier alpha value is -0.650. The lowest BCUT2D eigenvalue weighted by atomic mass is 9.97. The average Bonchev–Trinajstić information content (AvgIpc) is 2.94. The fourth-order valence-electron chi connectivity index (χ4n) is 2.90. The van der Waals surface area contributed by atoms with E-state index in [2.05, 4.69) is 0 Å². The Kier molecular flexibility index (Phi) is 3.70. The summed E-state index contributed by atoms with van der Waals surface area (Å²) in [5.74, 6) is 0.0663. The van der Waals surface area contributed by atoms with Gasteiger partial charge in [0.05, 0.1) is 5.54 Å². The van der Waals surface area contributed by atoms with E-state index in [1.807, 2.05) is 0 Å². The number of likely N-dealkylation sites (tertiary alicyclic amines) is 1. The van der Waals surface area contributed by atoms with Gasteiger partial charge in [-0.1, -0.05) is 12.8 Å². The Morgan fingerprint density at radius 1 is 1.18 bits per heavy atom. The van der Waals surface area contributed by atoms with Crippen molar-refractivity contribution < 1.29 is 14.3 Å². The molecule has 0 bridgehead atoms. The molecule has 0 aromatic heterocycles. The summed E-state index contributed by atoms with van der Waals surface area (Å²) in [7, 11) is 3.30. The van der Waals surface area contributed by atoms with Crippen LogP contribution in [0.25, 0.3) is 0 Å². The second kappa shape index (κ2) is 4.92. The van der Waals surface area contributed by atoms with Crippen LogP contribution in [0.4, 0.5) is 0 Å². The summed E-state index contributed by atoms with van der Waals surface area (Å²) < 4.78 is 10.7. The summed E-state index contributed by atoms with van der Waals surface area (Å²) in [6.07, 6.45) is 3.65. The molecule has 1 aliphatic carbocycles. The smallest absolute Gasteiger partial charge is 0.242 e. The van der Waals surface area contributed by atoms with Crippen LogP contribution in [-0.4, -0.2) is 55.9 Å². The van der Waals surface area contributed by atoms with Crippen LogP contribution in [-0.2, 0) is 14.3 Å². The molecule has 0 aromatic rings. The Labute approximate surface area is 102 Å². The molecule has 2 fully saturated rings. The fraction of sp³-hybridized carbons (Fsp3) is 0.917. The van der Waals surface area contributed by atoms with Crippen molar-refractivity contribution in [2.45, 2.75) is 43.4 Å². The molecule has 1 aliphatic heterocycles. The molecule has 2 unspecified atom stereocenters. The summed E-state index contributed by atoms with van der Waals surface area (Å²) in [5.41, 5.74) is 5.55. The normalized spacial score (nSPS) is 32.1. The van der Waals surface area contributed by atoms with Gasteiger partial charge in [0, 0.05) is 27.3 Å². The number of amides is 1. The van der Waals surface area contributed by atoms with E-state index in [-0.39, 0.29) is 18.1 Å². The van der Waals surface area contributed by atoms with Gasteiger partial charge in [0.15, 0.2) is 0 Å². The van der Waals surface area contributed by atoms with E-state index < -0.39 is 5.54 Å². The van der Waals surface area contributed by atoms with Gasteiger partial charge < -0.3 is 20.1 Å². The van der Waals surface area contributed by atoms with Crippen LogP contribution < -0.4 is 5.73 Å². The number of ether oxygens (including phenoxy) is 2. The monoisotopic (exact) mass is 242 g/mol. The molecule has 2 atom stereocenters. The van der Waals surface area contributed by atoms with Gasteiger partial charge in [0.1, 0.15) is 12.2 Å². The third-order valence-electron chi connectivity index (χ3n) is 4.03. The lowest BCUT2D eigenvalue weighted by molar-refractivity contribution is -0.136. The van der Waals surface area contributed by atoms with Gasteiger partial charge >= 0.3 is 0 Å².